The van der Waals surface area contributed by atoms with Crippen molar-refractivity contribution in [1.29, 1.82) is 0 Å². The van der Waals surface area contributed by atoms with Gasteiger partial charge in [-0.3, -0.25) is 0 Å². The molecule has 0 aromatic heterocycles. The number of carbonyl (C=O) groups is 1. The highest BCUT2D eigenvalue weighted by atomic mass is 32.2. The second-order valence-electron chi connectivity index (χ2n) is 6.81. The molecule has 136 valence electrons. The number of rotatable bonds is 2. The van der Waals surface area contributed by atoms with Crippen molar-refractivity contribution in [2.45, 2.75) is 23.5 Å². The SMILES string of the molecule is CS(=O)(=O)c1ccccc1NC(=O)N1CCC2(C1)OCc1ccccc12. The number of urea groups is 1. The monoisotopic (exact) mass is 372 g/mol. The molecule has 1 N–H and O–H groups in total. The largest absolute Gasteiger partial charge is 0.364 e. The molecular formula is C19H20N2O4S. The maximum Gasteiger partial charge on any atom is 0.321 e. The maximum absolute atomic E-state index is 12.7. The molecular weight excluding hydrogens is 352 g/mol. The second-order valence-corrected chi connectivity index (χ2v) is 8.79. The molecule has 4 rings (SSSR count). The van der Waals surface area contributed by atoms with Crippen LogP contribution in [0.1, 0.15) is 17.5 Å². The number of nitrogens with one attached hydrogen (secondary N) is 1. The van der Waals surface area contributed by atoms with Crippen LogP contribution in [-0.2, 0) is 26.8 Å². The summed E-state index contributed by atoms with van der Waals surface area (Å²) in [6.45, 7) is 1.57. The van der Waals surface area contributed by atoms with Crippen LogP contribution in [0.5, 0.6) is 0 Å². The molecule has 2 amide bonds. The van der Waals surface area contributed by atoms with Gasteiger partial charge in [0.2, 0.25) is 0 Å². The third kappa shape index (κ3) is 2.87. The number of nitrogens with zero attached hydrogens (tertiary/aromatic N) is 1. The molecule has 2 aliphatic heterocycles. The van der Waals surface area contributed by atoms with E-state index in [2.05, 4.69) is 17.4 Å². The quantitative estimate of drug-likeness (QED) is 0.880. The highest BCUT2D eigenvalue weighted by molar-refractivity contribution is 7.90. The average molecular weight is 372 g/mol. The van der Waals surface area contributed by atoms with E-state index in [1.165, 1.54) is 6.07 Å². The smallest absolute Gasteiger partial charge is 0.321 e. The van der Waals surface area contributed by atoms with Gasteiger partial charge in [0.15, 0.2) is 9.84 Å². The zero-order valence-corrected chi connectivity index (χ0v) is 15.3. The molecule has 0 aliphatic carbocycles. The number of amides is 2. The van der Waals surface area contributed by atoms with Gasteiger partial charge in [-0.1, -0.05) is 36.4 Å². The lowest BCUT2D eigenvalue weighted by Crippen LogP contribution is -2.37. The lowest BCUT2D eigenvalue weighted by Gasteiger charge is -2.25. The third-order valence-corrected chi connectivity index (χ3v) is 6.21. The molecule has 0 saturated carbocycles. The van der Waals surface area contributed by atoms with E-state index in [1.807, 2.05) is 12.1 Å². The Morgan fingerprint density at radius 3 is 2.69 bits per heavy atom. The van der Waals surface area contributed by atoms with Crippen LogP contribution in [0.15, 0.2) is 53.4 Å². The van der Waals surface area contributed by atoms with Crippen LogP contribution < -0.4 is 5.32 Å². The molecule has 1 atom stereocenters. The first-order chi connectivity index (χ1) is 12.4. The normalized spacial score (nSPS) is 21.8. The summed E-state index contributed by atoms with van der Waals surface area (Å²) in [7, 11) is -3.42. The summed E-state index contributed by atoms with van der Waals surface area (Å²) in [5.74, 6) is 0. The van der Waals surface area contributed by atoms with Crippen molar-refractivity contribution in [3.05, 3.63) is 59.7 Å². The topological polar surface area (TPSA) is 75.7 Å². The molecule has 0 bridgehead atoms. The minimum Gasteiger partial charge on any atom is -0.364 e. The summed E-state index contributed by atoms with van der Waals surface area (Å²) in [5.41, 5.74) is 2.15. The number of ether oxygens (including phenoxy) is 1. The minimum absolute atomic E-state index is 0.115. The van der Waals surface area contributed by atoms with Gasteiger partial charge in [-0.05, 0) is 23.3 Å². The van der Waals surface area contributed by atoms with E-state index in [0.717, 1.165) is 23.8 Å². The Morgan fingerprint density at radius 1 is 1.15 bits per heavy atom. The molecule has 1 unspecified atom stereocenters. The number of benzene rings is 2. The first-order valence-corrected chi connectivity index (χ1v) is 10.4. The predicted molar refractivity (Wildman–Crippen MR) is 97.7 cm³/mol. The van der Waals surface area contributed by atoms with E-state index in [1.54, 1.807) is 23.1 Å². The molecule has 7 heteroatoms. The fraction of sp³-hybridized carbons (Fsp3) is 0.316. The predicted octanol–water partition coefficient (Wildman–Crippen LogP) is 2.75. The van der Waals surface area contributed by atoms with E-state index in [9.17, 15) is 13.2 Å². The van der Waals surface area contributed by atoms with Gasteiger partial charge in [0.1, 0.15) is 5.60 Å². The molecule has 26 heavy (non-hydrogen) atoms. The number of carbonyl (C=O) groups excluding carboxylic acids is 1. The lowest BCUT2D eigenvalue weighted by atomic mass is 9.92. The number of hydrogen-bond acceptors (Lipinski definition) is 4. The van der Waals surface area contributed by atoms with Crippen LogP contribution in [0.3, 0.4) is 0 Å². The maximum atomic E-state index is 12.7. The zero-order valence-electron chi connectivity index (χ0n) is 14.4. The number of para-hydroxylation sites is 1. The number of likely N-dealkylation sites (tertiary alicyclic amines) is 1. The van der Waals surface area contributed by atoms with E-state index >= 15 is 0 Å². The van der Waals surface area contributed by atoms with Crippen molar-refractivity contribution in [2.24, 2.45) is 0 Å². The number of hydrogen-bond donors (Lipinski definition) is 1. The summed E-state index contributed by atoms with van der Waals surface area (Å²) in [5, 5.41) is 2.74. The molecule has 0 radical (unpaired) electrons. The van der Waals surface area contributed by atoms with Crippen molar-refractivity contribution in [1.82, 2.24) is 4.90 Å². The van der Waals surface area contributed by atoms with Gasteiger partial charge in [0.05, 0.1) is 23.7 Å². The zero-order chi connectivity index (χ0) is 18.4. The van der Waals surface area contributed by atoms with Gasteiger partial charge in [-0.15, -0.1) is 0 Å². The molecule has 1 spiro atoms. The molecule has 2 aromatic carbocycles. The lowest BCUT2D eigenvalue weighted by molar-refractivity contribution is -0.0269. The minimum atomic E-state index is -3.42. The third-order valence-electron chi connectivity index (χ3n) is 5.06. The Balaban J connectivity index is 1.54. The summed E-state index contributed by atoms with van der Waals surface area (Å²) in [6, 6.07) is 14.2. The first kappa shape index (κ1) is 17.1. The molecule has 2 aliphatic rings. The van der Waals surface area contributed by atoms with Gasteiger partial charge in [-0.2, -0.15) is 0 Å². The second kappa shape index (κ2) is 6.10. The van der Waals surface area contributed by atoms with Crippen molar-refractivity contribution in [2.75, 3.05) is 24.7 Å². The van der Waals surface area contributed by atoms with Crippen molar-refractivity contribution in [3.63, 3.8) is 0 Å². The molecule has 2 heterocycles. The number of sulfone groups is 1. The van der Waals surface area contributed by atoms with Gasteiger partial charge in [0, 0.05) is 19.2 Å². The Morgan fingerprint density at radius 2 is 1.88 bits per heavy atom. The molecule has 1 saturated heterocycles. The van der Waals surface area contributed by atoms with Gasteiger partial charge in [0.25, 0.3) is 0 Å². The number of fused-ring (bicyclic) bond motifs is 2. The number of anilines is 1. The van der Waals surface area contributed by atoms with Crippen LogP contribution in [-0.4, -0.2) is 38.7 Å². The summed E-state index contributed by atoms with van der Waals surface area (Å²) >= 11 is 0. The Bertz CT molecular complexity index is 973. The van der Waals surface area contributed by atoms with Crippen LogP contribution in [0.2, 0.25) is 0 Å². The van der Waals surface area contributed by atoms with Crippen molar-refractivity contribution >= 4 is 21.6 Å². The fourth-order valence-electron chi connectivity index (χ4n) is 3.76. The van der Waals surface area contributed by atoms with Gasteiger partial charge in [-0.25, -0.2) is 13.2 Å². The molecule has 1 fully saturated rings. The van der Waals surface area contributed by atoms with E-state index in [4.69, 9.17) is 4.74 Å². The first-order valence-electron chi connectivity index (χ1n) is 8.46. The summed E-state index contributed by atoms with van der Waals surface area (Å²) in [4.78, 5) is 14.5. The van der Waals surface area contributed by atoms with Crippen LogP contribution in [0.25, 0.3) is 0 Å². The Kier molecular flexibility index (Phi) is 4.00. The average Bonchev–Trinajstić information content (AvgIpc) is 3.21. The highest BCUT2D eigenvalue weighted by Crippen LogP contribution is 2.43. The van der Waals surface area contributed by atoms with Gasteiger partial charge >= 0.3 is 6.03 Å². The van der Waals surface area contributed by atoms with Crippen LogP contribution in [0, 0.1) is 0 Å². The van der Waals surface area contributed by atoms with E-state index < -0.39 is 15.4 Å². The van der Waals surface area contributed by atoms with Crippen LogP contribution >= 0.6 is 0 Å². The molecule has 2 aromatic rings. The van der Waals surface area contributed by atoms with Crippen molar-refractivity contribution in [3.8, 4) is 0 Å². The van der Waals surface area contributed by atoms with Crippen LogP contribution in [0.4, 0.5) is 10.5 Å². The Labute approximate surface area is 152 Å². The molecule has 6 nitrogen and oxygen atoms in total. The van der Waals surface area contributed by atoms with Gasteiger partial charge < -0.3 is 15.0 Å². The Hall–Kier alpha value is -2.38. The van der Waals surface area contributed by atoms with Crippen molar-refractivity contribution < 1.29 is 17.9 Å². The standard InChI is InChI=1S/C19H20N2O4S/c1-26(23,24)17-9-5-4-8-16(17)20-18(22)21-11-10-19(13-21)15-7-3-2-6-14(15)12-25-19/h2-9H,10-13H2,1H3,(H,20,22). The van der Waals surface area contributed by atoms with E-state index in [0.29, 0.717) is 25.4 Å². The summed E-state index contributed by atoms with van der Waals surface area (Å²) in [6.07, 6.45) is 1.86. The summed E-state index contributed by atoms with van der Waals surface area (Å²) < 4.78 is 29.9. The van der Waals surface area contributed by atoms with E-state index in [-0.39, 0.29) is 10.9 Å². The fourth-order valence-corrected chi connectivity index (χ4v) is 4.61. The highest BCUT2D eigenvalue weighted by Gasteiger charge is 2.46.